The average Bonchev–Trinajstić information content (AvgIpc) is 2.18. The van der Waals surface area contributed by atoms with Gasteiger partial charge < -0.3 is 5.32 Å². The molecule has 0 fully saturated rings. The van der Waals surface area contributed by atoms with Crippen LogP contribution in [0.25, 0.3) is 11.8 Å². The molecular formula is C13H15N. The fourth-order valence-corrected chi connectivity index (χ4v) is 1.65. The monoisotopic (exact) mass is 185 g/mol. The van der Waals surface area contributed by atoms with Gasteiger partial charge in [-0.1, -0.05) is 32.6 Å². The lowest BCUT2D eigenvalue weighted by molar-refractivity contribution is 0.865. The summed E-state index contributed by atoms with van der Waals surface area (Å²) in [5.74, 6) is 0.569. The van der Waals surface area contributed by atoms with Crippen LogP contribution in [0, 0.1) is 0 Å². The lowest BCUT2D eigenvalue weighted by atomic mass is 9.95. The Morgan fingerprint density at radius 2 is 2.07 bits per heavy atom. The Kier molecular flexibility index (Phi) is 2.16. The Bertz CT molecular complexity index is 400. The first-order chi connectivity index (χ1) is 6.68. The van der Waals surface area contributed by atoms with Crippen molar-refractivity contribution in [1.29, 1.82) is 0 Å². The van der Waals surface area contributed by atoms with E-state index in [-0.39, 0.29) is 0 Å². The van der Waals surface area contributed by atoms with Gasteiger partial charge in [0, 0.05) is 17.5 Å². The van der Waals surface area contributed by atoms with Crippen molar-refractivity contribution in [3.05, 3.63) is 47.7 Å². The van der Waals surface area contributed by atoms with E-state index in [1.54, 1.807) is 0 Å². The average molecular weight is 185 g/mol. The molecule has 2 rings (SSSR count). The molecule has 0 amide bonds. The summed E-state index contributed by atoms with van der Waals surface area (Å²) in [4.78, 5) is 0. The van der Waals surface area contributed by atoms with Crippen LogP contribution in [0.4, 0.5) is 0 Å². The molecular weight excluding hydrogens is 170 g/mol. The highest BCUT2D eigenvalue weighted by Crippen LogP contribution is 2.25. The van der Waals surface area contributed by atoms with Gasteiger partial charge in [0.1, 0.15) is 0 Å². The molecule has 0 radical (unpaired) electrons. The Hall–Kier alpha value is -1.50. The Morgan fingerprint density at radius 1 is 1.29 bits per heavy atom. The first-order valence-corrected chi connectivity index (χ1v) is 4.95. The minimum atomic E-state index is 0.569. The van der Waals surface area contributed by atoms with E-state index in [9.17, 15) is 0 Å². The maximum Gasteiger partial charge on any atom is 0.0386 e. The lowest BCUT2D eigenvalue weighted by Crippen LogP contribution is -2.08. The number of hydrogen-bond donors (Lipinski definition) is 1. The molecule has 1 nitrogen and oxygen atoms in total. The van der Waals surface area contributed by atoms with E-state index in [0.717, 1.165) is 5.70 Å². The highest BCUT2D eigenvalue weighted by molar-refractivity contribution is 5.76. The van der Waals surface area contributed by atoms with Crippen LogP contribution in [0.15, 0.2) is 31.0 Å². The molecule has 14 heavy (non-hydrogen) atoms. The van der Waals surface area contributed by atoms with E-state index in [2.05, 4.69) is 50.0 Å². The SMILES string of the molecule is C=C1NC=Cc2ccc(C(C)C)cc21. The Balaban J connectivity index is 2.52. The zero-order valence-electron chi connectivity index (χ0n) is 8.67. The molecule has 72 valence electrons. The van der Waals surface area contributed by atoms with Crippen LogP contribution in [0.5, 0.6) is 0 Å². The van der Waals surface area contributed by atoms with Crippen molar-refractivity contribution in [3.8, 4) is 0 Å². The zero-order chi connectivity index (χ0) is 10.1. The maximum atomic E-state index is 3.99. The highest BCUT2D eigenvalue weighted by Gasteiger charge is 2.09. The molecule has 1 aromatic rings. The van der Waals surface area contributed by atoms with Crippen LogP contribution in [0.1, 0.15) is 36.5 Å². The van der Waals surface area contributed by atoms with Gasteiger partial charge in [-0.15, -0.1) is 0 Å². The topological polar surface area (TPSA) is 12.0 Å². The van der Waals surface area contributed by atoms with Crippen LogP contribution in [0.3, 0.4) is 0 Å². The van der Waals surface area contributed by atoms with E-state index in [0.29, 0.717) is 5.92 Å². The van der Waals surface area contributed by atoms with Crippen LogP contribution >= 0.6 is 0 Å². The first-order valence-electron chi connectivity index (χ1n) is 4.95. The van der Waals surface area contributed by atoms with Crippen LogP contribution in [0.2, 0.25) is 0 Å². The standard InChI is InChI=1S/C13H15N/c1-9(2)12-5-4-11-6-7-14-10(3)13(11)8-12/h4-9,14H,3H2,1-2H3. The van der Waals surface area contributed by atoms with E-state index in [1.165, 1.54) is 16.7 Å². The predicted molar refractivity (Wildman–Crippen MR) is 61.7 cm³/mol. The normalized spacial score (nSPS) is 14.1. The molecule has 1 heterocycles. The van der Waals surface area contributed by atoms with Gasteiger partial charge in [-0.05, 0) is 29.2 Å². The third kappa shape index (κ3) is 1.46. The fourth-order valence-electron chi connectivity index (χ4n) is 1.65. The molecule has 0 saturated carbocycles. The molecule has 0 unspecified atom stereocenters. The summed E-state index contributed by atoms with van der Waals surface area (Å²) >= 11 is 0. The number of nitrogens with one attached hydrogen (secondary N) is 1. The van der Waals surface area contributed by atoms with E-state index in [1.807, 2.05) is 6.20 Å². The Morgan fingerprint density at radius 3 is 2.79 bits per heavy atom. The molecule has 1 aliphatic heterocycles. The van der Waals surface area contributed by atoms with Crippen LogP contribution in [-0.4, -0.2) is 0 Å². The smallest absolute Gasteiger partial charge is 0.0386 e. The van der Waals surface area contributed by atoms with Crippen molar-refractivity contribution in [1.82, 2.24) is 5.32 Å². The van der Waals surface area contributed by atoms with Gasteiger partial charge in [0.2, 0.25) is 0 Å². The van der Waals surface area contributed by atoms with Crippen LogP contribution < -0.4 is 5.32 Å². The van der Waals surface area contributed by atoms with E-state index < -0.39 is 0 Å². The van der Waals surface area contributed by atoms with Crippen LogP contribution in [-0.2, 0) is 0 Å². The van der Waals surface area contributed by atoms with Gasteiger partial charge in [0.15, 0.2) is 0 Å². The summed E-state index contributed by atoms with van der Waals surface area (Å²) in [5.41, 5.74) is 4.82. The summed E-state index contributed by atoms with van der Waals surface area (Å²) in [6, 6.07) is 6.57. The number of benzene rings is 1. The molecule has 0 aliphatic carbocycles. The molecule has 1 N–H and O–H groups in total. The summed E-state index contributed by atoms with van der Waals surface area (Å²) in [5, 5.41) is 3.13. The van der Waals surface area contributed by atoms with Gasteiger partial charge in [-0.3, -0.25) is 0 Å². The number of hydrogen-bond acceptors (Lipinski definition) is 1. The second-order valence-electron chi connectivity index (χ2n) is 3.96. The molecule has 0 atom stereocenters. The summed E-state index contributed by atoms with van der Waals surface area (Å²) in [6.07, 6.45) is 4.01. The Labute approximate surface area is 85.2 Å². The van der Waals surface area contributed by atoms with Crippen molar-refractivity contribution in [2.24, 2.45) is 0 Å². The minimum absolute atomic E-state index is 0.569. The molecule has 0 aromatic heterocycles. The number of fused-ring (bicyclic) bond motifs is 1. The van der Waals surface area contributed by atoms with E-state index >= 15 is 0 Å². The zero-order valence-corrected chi connectivity index (χ0v) is 8.67. The van der Waals surface area contributed by atoms with Gasteiger partial charge in [-0.25, -0.2) is 0 Å². The van der Waals surface area contributed by atoms with Gasteiger partial charge in [0.25, 0.3) is 0 Å². The van der Waals surface area contributed by atoms with Crippen molar-refractivity contribution in [2.45, 2.75) is 19.8 Å². The summed E-state index contributed by atoms with van der Waals surface area (Å²) < 4.78 is 0. The second-order valence-corrected chi connectivity index (χ2v) is 3.96. The fraction of sp³-hybridized carbons (Fsp3) is 0.231. The largest absolute Gasteiger partial charge is 0.362 e. The summed E-state index contributed by atoms with van der Waals surface area (Å²) in [6.45, 7) is 8.40. The quantitative estimate of drug-likeness (QED) is 0.707. The highest BCUT2D eigenvalue weighted by atomic mass is 14.9. The first kappa shape index (κ1) is 9.07. The van der Waals surface area contributed by atoms with Gasteiger partial charge >= 0.3 is 0 Å². The number of rotatable bonds is 1. The van der Waals surface area contributed by atoms with Crippen molar-refractivity contribution < 1.29 is 0 Å². The third-order valence-corrected chi connectivity index (χ3v) is 2.59. The van der Waals surface area contributed by atoms with Gasteiger partial charge in [-0.2, -0.15) is 0 Å². The molecule has 1 aliphatic rings. The van der Waals surface area contributed by atoms with E-state index in [4.69, 9.17) is 0 Å². The lowest BCUT2D eigenvalue weighted by Gasteiger charge is -2.17. The minimum Gasteiger partial charge on any atom is -0.362 e. The molecule has 1 heteroatoms. The third-order valence-electron chi connectivity index (χ3n) is 2.59. The molecule has 0 spiro atoms. The predicted octanol–water partition coefficient (Wildman–Crippen LogP) is 3.35. The summed E-state index contributed by atoms with van der Waals surface area (Å²) in [7, 11) is 0. The van der Waals surface area contributed by atoms with Crippen molar-refractivity contribution >= 4 is 11.8 Å². The van der Waals surface area contributed by atoms with Crippen molar-refractivity contribution in [2.75, 3.05) is 0 Å². The maximum absolute atomic E-state index is 3.99. The molecule has 0 saturated heterocycles. The molecule has 0 bridgehead atoms. The second kappa shape index (κ2) is 3.33. The van der Waals surface area contributed by atoms with Gasteiger partial charge in [0.05, 0.1) is 0 Å². The van der Waals surface area contributed by atoms with Crippen molar-refractivity contribution in [3.63, 3.8) is 0 Å². The molecule has 1 aromatic carbocycles.